The molecular weight excluding hydrogens is 366 g/mol. The normalized spacial score (nSPS) is 16.9. The molecule has 1 aromatic heterocycles. The van der Waals surface area contributed by atoms with Crippen LogP contribution in [0.2, 0.25) is 0 Å². The second kappa shape index (κ2) is 8.56. The minimum absolute atomic E-state index is 0.141. The minimum Gasteiger partial charge on any atom is -0.480 e. The van der Waals surface area contributed by atoms with Crippen molar-refractivity contribution >= 4 is 23.3 Å². The molecular formula is C19H31N3O4S. The van der Waals surface area contributed by atoms with E-state index in [0.29, 0.717) is 12.5 Å². The number of rotatable bonds is 8. The summed E-state index contributed by atoms with van der Waals surface area (Å²) in [5.41, 5.74) is 0.346. The number of aromatic nitrogens is 1. The summed E-state index contributed by atoms with van der Waals surface area (Å²) < 4.78 is 5.74. The lowest BCUT2D eigenvalue weighted by atomic mass is 10.1. The number of amides is 2. The van der Waals surface area contributed by atoms with Crippen LogP contribution in [0, 0.1) is 0 Å². The number of nitrogens with zero attached hydrogens (tertiary/aromatic N) is 2. The highest BCUT2D eigenvalue weighted by Gasteiger charge is 2.37. The van der Waals surface area contributed by atoms with Gasteiger partial charge in [-0.1, -0.05) is 13.8 Å². The van der Waals surface area contributed by atoms with E-state index in [-0.39, 0.29) is 12.1 Å². The van der Waals surface area contributed by atoms with Crippen LogP contribution in [0.1, 0.15) is 71.0 Å². The Hall–Kier alpha value is -1.67. The summed E-state index contributed by atoms with van der Waals surface area (Å²) in [5, 5.41) is 15.2. The van der Waals surface area contributed by atoms with E-state index in [2.05, 4.69) is 24.1 Å². The highest BCUT2D eigenvalue weighted by molar-refractivity contribution is 7.09. The Morgan fingerprint density at radius 1 is 1.37 bits per heavy atom. The molecule has 0 aromatic carbocycles. The first-order valence-corrected chi connectivity index (χ1v) is 10.3. The zero-order valence-corrected chi connectivity index (χ0v) is 17.8. The number of urea groups is 1. The van der Waals surface area contributed by atoms with E-state index in [9.17, 15) is 14.7 Å². The number of thiazole rings is 1. The lowest BCUT2D eigenvalue weighted by molar-refractivity contribution is -0.146. The highest BCUT2D eigenvalue weighted by atomic mass is 32.1. The van der Waals surface area contributed by atoms with Crippen LogP contribution in [0.25, 0.3) is 0 Å². The van der Waals surface area contributed by atoms with E-state index in [0.717, 1.165) is 23.5 Å². The third-order valence-corrected chi connectivity index (χ3v) is 5.39. The SMILES string of the molecule is CC(C)c1nc(CN(C(=O)NC(C(=O)O)C(C)OC(C)(C)C)C2CC2)cs1. The predicted molar refractivity (Wildman–Crippen MR) is 105 cm³/mol. The maximum absolute atomic E-state index is 12.8. The number of carbonyl (C=O) groups is 2. The highest BCUT2D eigenvalue weighted by Crippen LogP contribution is 2.29. The van der Waals surface area contributed by atoms with E-state index >= 15 is 0 Å². The lowest BCUT2D eigenvalue weighted by Gasteiger charge is -2.31. The van der Waals surface area contributed by atoms with Crippen LogP contribution in [0.4, 0.5) is 4.79 Å². The summed E-state index contributed by atoms with van der Waals surface area (Å²) in [4.78, 5) is 30.8. The Kier molecular flexibility index (Phi) is 6.86. The van der Waals surface area contributed by atoms with Crippen LogP contribution in [-0.2, 0) is 16.1 Å². The van der Waals surface area contributed by atoms with Crippen LogP contribution in [0.5, 0.6) is 0 Å². The Morgan fingerprint density at radius 2 is 2.00 bits per heavy atom. The number of hydrogen-bond donors (Lipinski definition) is 2. The Labute approximate surface area is 165 Å². The van der Waals surface area contributed by atoms with Crippen molar-refractivity contribution in [3.8, 4) is 0 Å². The van der Waals surface area contributed by atoms with E-state index in [1.54, 1.807) is 23.2 Å². The second-order valence-corrected chi connectivity index (χ2v) is 9.28. The maximum Gasteiger partial charge on any atom is 0.328 e. The van der Waals surface area contributed by atoms with Gasteiger partial charge in [0, 0.05) is 17.3 Å². The third kappa shape index (κ3) is 6.46. The van der Waals surface area contributed by atoms with Gasteiger partial charge in [0.1, 0.15) is 0 Å². The van der Waals surface area contributed by atoms with Crippen LogP contribution in [-0.4, -0.2) is 50.8 Å². The van der Waals surface area contributed by atoms with Gasteiger partial charge >= 0.3 is 12.0 Å². The van der Waals surface area contributed by atoms with Crippen molar-refractivity contribution in [2.24, 2.45) is 0 Å². The van der Waals surface area contributed by atoms with Crippen LogP contribution >= 0.6 is 11.3 Å². The smallest absolute Gasteiger partial charge is 0.328 e. The molecule has 27 heavy (non-hydrogen) atoms. The summed E-state index contributed by atoms with van der Waals surface area (Å²) >= 11 is 1.59. The molecule has 1 saturated carbocycles. The van der Waals surface area contributed by atoms with Crippen molar-refractivity contribution in [3.05, 3.63) is 16.1 Å². The summed E-state index contributed by atoms with van der Waals surface area (Å²) in [6.45, 7) is 11.8. The van der Waals surface area contributed by atoms with E-state index in [4.69, 9.17) is 4.74 Å². The van der Waals surface area contributed by atoms with Crippen LogP contribution < -0.4 is 5.32 Å². The van der Waals surface area contributed by atoms with Crippen LogP contribution in [0.3, 0.4) is 0 Å². The van der Waals surface area contributed by atoms with Crippen molar-refractivity contribution in [2.75, 3.05) is 0 Å². The van der Waals surface area contributed by atoms with Gasteiger partial charge in [-0.15, -0.1) is 11.3 Å². The Morgan fingerprint density at radius 3 is 2.44 bits per heavy atom. The average molecular weight is 398 g/mol. The van der Waals surface area contributed by atoms with Gasteiger partial charge in [0.25, 0.3) is 0 Å². The topological polar surface area (TPSA) is 91.8 Å². The first kappa shape index (κ1) is 21.6. The molecule has 2 atom stereocenters. The quantitative estimate of drug-likeness (QED) is 0.699. The van der Waals surface area contributed by atoms with Gasteiger partial charge in [-0.25, -0.2) is 14.6 Å². The van der Waals surface area contributed by atoms with E-state index < -0.39 is 23.7 Å². The molecule has 2 amide bonds. The van der Waals surface area contributed by atoms with E-state index in [1.807, 2.05) is 26.2 Å². The third-order valence-electron chi connectivity index (χ3n) is 4.20. The van der Waals surface area contributed by atoms with Crippen molar-refractivity contribution in [1.29, 1.82) is 0 Å². The van der Waals surface area contributed by atoms with Gasteiger partial charge in [-0.2, -0.15) is 0 Å². The number of carboxylic acids is 1. The first-order chi connectivity index (χ1) is 12.5. The van der Waals surface area contributed by atoms with Crippen molar-refractivity contribution in [1.82, 2.24) is 15.2 Å². The maximum atomic E-state index is 12.8. The molecule has 2 N–H and O–H groups in total. The molecule has 0 bridgehead atoms. The molecule has 8 heteroatoms. The fraction of sp³-hybridized carbons (Fsp3) is 0.737. The standard InChI is InChI=1S/C19H31N3O4S/c1-11(2)16-20-13(10-27-16)9-22(14-7-8-14)18(25)21-15(17(23)24)12(3)26-19(4,5)6/h10-12,14-15H,7-9H2,1-6H3,(H,21,25)(H,23,24). The van der Waals surface area contributed by atoms with Crippen molar-refractivity contribution in [2.45, 2.75) is 90.6 Å². The summed E-state index contributed by atoms with van der Waals surface area (Å²) in [5.74, 6) is -0.759. The monoisotopic (exact) mass is 397 g/mol. The number of carboxylic acid groups (broad SMARTS) is 1. The molecule has 0 radical (unpaired) electrons. The molecule has 2 unspecified atom stereocenters. The molecule has 1 aromatic rings. The summed E-state index contributed by atoms with van der Waals surface area (Å²) in [6.07, 6.45) is 1.21. The zero-order chi connectivity index (χ0) is 20.4. The van der Waals surface area contributed by atoms with Gasteiger partial charge in [-0.05, 0) is 40.5 Å². The first-order valence-electron chi connectivity index (χ1n) is 9.40. The van der Waals surface area contributed by atoms with Gasteiger partial charge in [-0.3, -0.25) is 0 Å². The van der Waals surface area contributed by atoms with Gasteiger partial charge in [0.05, 0.1) is 29.0 Å². The molecule has 0 saturated heterocycles. The number of nitrogens with one attached hydrogen (secondary N) is 1. The molecule has 7 nitrogen and oxygen atoms in total. The molecule has 0 spiro atoms. The molecule has 1 aliphatic carbocycles. The average Bonchev–Trinajstić information content (AvgIpc) is 3.25. The Bertz CT molecular complexity index is 664. The molecule has 1 heterocycles. The van der Waals surface area contributed by atoms with Crippen LogP contribution in [0.15, 0.2) is 5.38 Å². The number of aliphatic carboxylic acids is 1. The van der Waals surface area contributed by atoms with Gasteiger partial charge < -0.3 is 20.1 Å². The zero-order valence-electron chi connectivity index (χ0n) is 17.0. The van der Waals surface area contributed by atoms with Crippen molar-refractivity contribution < 1.29 is 19.4 Å². The second-order valence-electron chi connectivity index (χ2n) is 8.39. The lowest BCUT2D eigenvalue weighted by Crippen LogP contribution is -2.54. The molecule has 0 aliphatic heterocycles. The Balaban J connectivity index is 2.07. The van der Waals surface area contributed by atoms with Gasteiger partial charge in [0.2, 0.25) is 0 Å². The number of hydrogen-bond acceptors (Lipinski definition) is 5. The molecule has 152 valence electrons. The minimum atomic E-state index is -1.11. The number of ether oxygens (including phenoxy) is 1. The number of carbonyl (C=O) groups excluding carboxylic acids is 1. The van der Waals surface area contributed by atoms with E-state index in [1.165, 1.54) is 0 Å². The van der Waals surface area contributed by atoms with Gasteiger partial charge in [0.15, 0.2) is 6.04 Å². The molecule has 1 fully saturated rings. The molecule has 2 rings (SSSR count). The summed E-state index contributed by atoms with van der Waals surface area (Å²) in [6, 6.07) is -1.35. The molecule has 1 aliphatic rings. The predicted octanol–water partition coefficient (Wildman–Crippen LogP) is 3.60. The van der Waals surface area contributed by atoms with Crippen molar-refractivity contribution in [3.63, 3.8) is 0 Å². The largest absolute Gasteiger partial charge is 0.480 e. The fourth-order valence-corrected chi connectivity index (χ4v) is 3.64. The fourth-order valence-electron chi connectivity index (χ4n) is 2.81. The summed E-state index contributed by atoms with van der Waals surface area (Å²) in [7, 11) is 0.